The lowest BCUT2D eigenvalue weighted by Gasteiger charge is -2.12. The Bertz CT molecular complexity index is 997. The Morgan fingerprint density at radius 2 is 0.944 bits per heavy atom. The molecule has 4 nitrogen and oxygen atoms in total. The molecule has 0 fully saturated rings. The van der Waals surface area contributed by atoms with Gasteiger partial charge in [-0.05, 0) is 40.2 Å². The largest absolute Gasteiger partial charge is 0.796 e. The number of hydrogen-bond donors (Lipinski definition) is 0. The van der Waals surface area contributed by atoms with Crippen molar-refractivity contribution in [2.45, 2.75) is 27.7 Å². The molecule has 2 aliphatic rings. The molecule has 0 amide bonds. The molecule has 2 heterocycles. The van der Waals surface area contributed by atoms with Crippen molar-refractivity contribution in [3.63, 3.8) is 0 Å². The van der Waals surface area contributed by atoms with Crippen LogP contribution >= 0.6 is 94.1 Å². The van der Waals surface area contributed by atoms with Crippen LogP contribution in [0.1, 0.15) is 27.7 Å². The second-order valence-corrected chi connectivity index (χ2v) is 15.7. The highest BCUT2D eigenvalue weighted by atomic mass is 32.3. The molecule has 0 saturated heterocycles. The van der Waals surface area contributed by atoms with Crippen molar-refractivity contribution in [1.29, 1.82) is 0 Å². The van der Waals surface area contributed by atoms with Crippen LogP contribution in [0.2, 0.25) is 0 Å². The van der Waals surface area contributed by atoms with E-state index in [-0.39, 0.29) is 21.3 Å². The highest BCUT2D eigenvalue weighted by molar-refractivity contribution is 8.45. The third-order valence-electron chi connectivity index (χ3n) is 3.81. The van der Waals surface area contributed by atoms with E-state index in [2.05, 4.69) is 9.31 Å². The lowest BCUT2D eigenvalue weighted by atomic mass is 10.3. The van der Waals surface area contributed by atoms with Gasteiger partial charge in [0.05, 0.1) is 46.8 Å². The Morgan fingerprint density at radius 1 is 0.639 bits per heavy atom. The molecular weight excluding hydrogens is 634 g/mol. The Morgan fingerprint density at radius 3 is 1.19 bits per heavy atom. The average molecular weight is 652 g/mol. The van der Waals surface area contributed by atoms with E-state index < -0.39 is 26.5 Å². The normalized spacial score (nSPS) is 17.4. The second kappa shape index (κ2) is 15.2. The highest BCUT2D eigenvalue weighted by Gasteiger charge is 2.33. The number of rotatable bonds is 12. The molecular formula is C18H18B2F4O4S8. The molecule has 2 aliphatic heterocycles. The van der Waals surface area contributed by atoms with Gasteiger partial charge >= 0.3 is 14.9 Å². The van der Waals surface area contributed by atoms with Crippen LogP contribution in [0.3, 0.4) is 0 Å². The van der Waals surface area contributed by atoms with E-state index in [1.165, 1.54) is 51.2 Å². The standard InChI is InChI=1S/C18H18B2F4O4S8/c1-7(25)11(9(3)27-19(21)22)31-15-16(32-12(8(2)26)10(4)28-20(23)24)36-18(35-15)17-33-13(29-5)14(30-6)34-17/h1-6H3/b11-9+,12-10+. The van der Waals surface area contributed by atoms with Crippen molar-refractivity contribution < 1.29 is 36.2 Å². The molecule has 0 N–H and O–H groups in total. The number of halogens is 4. The lowest BCUT2D eigenvalue weighted by molar-refractivity contribution is -0.113. The minimum atomic E-state index is -3.10. The van der Waals surface area contributed by atoms with Crippen LogP contribution in [0.25, 0.3) is 0 Å². The topological polar surface area (TPSA) is 52.6 Å². The number of thioether (sulfide) groups is 8. The first-order valence-corrected chi connectivity index (χ1v) is 16.9. The Kier molecular flexibility index (Phi) is 13.7. The van der Waals surface area contributed by atoms with Crippen LogP contribution in [-0.4, -0.2) is 39.0 Å². The van der Waals surface area contributed by atoms with Gasteiger partial charge in [-0.25, -0.2) is 17.3 Å². The van der Waals surface area contributed by atoms with Gasteiger partial charge in [-0.3, -0.25) is 9.59 Å². The van der Waals surface area contributed by atoms with Crippen LogP contribution in [-0.2, 0) is 18.9 Å². The fourth-order valence-electron chi connectivity index (χ4n) is 2.43. The maximum atomic E-state index is 12.8. The summed E-state index contributed by atoms with van der Waals surface area (Å²) in [6.07, 6.45) is 3.96. The van der Waals surface area contributed by atoms with Crippen molar-refractivity contribution in [3.8, 4) is 0 Å². The summed E-state index contributed by atoms with van der Waals surface area (Å²) in [7, 11) is -6.19. The molecule has 0 atom stereocenters. The molecule has 0 aromatic rings. The summed E-state index contributed by atoms with van der Waals surface area (Å²) in [5.74, 6) is -1.40. The van der Waals surface area contributed by atoms with E-state index >= 15 is 0 Å². The molecule has 0 bridgehead atoms. The van der Waals surface area contributed by atoms with Gasteiger partial charge in [0.2, 0.25) is 0 Å². The van der Waals surface area contributed by atoms with Gasteiger partial charge in [-0.15, -0.1) is 23.5 Å². The molecule has 18 heteroatoms. The maximum absolute atomic E-state index is 12.8. The highest BCUT2D eigenvalue weighted by Crippen LogP contribution is 2.67. The van der Waals surface area contributed by atoms with Crippen LogP contribution in [0.4, 0.5) is 17.3 Å². The Balaban J connectivity index is 2.52. The van der Waals surface area contributed by atoms with Crippen molar-refractivity contribution >= 4 is 121 Å². The first-order valence-electron chi connectivity index (χ1n) is 9.59. The molecule has 2 rings (SSSR count). The van der Waals surface area contributed by atoms with Gasteiger partial charge < -0.3 is 9.31 Å². The van der Waals surface area contributed by atoms with Crippen molar-refractivity contribution in [3.05, 3.63) is 46.8 Å². The smallest absolute Gasteiger partial charge is 0.508 e. The van der Waals surface area contributed by atoms with Crippen molar-refractivity contribution in [1.82, 2.24) is 0 Å². The van der Waals surface area contributed by atoms with E-state index in [1.54, 1.807) is 47.0 Å². The van der Waals surface area contributed by atoms with E-state index in [1.807, 2.05) is 12.5 Å². The first-order chi connectivity index (χ1) is 16.9. The molecule has 0 saturated carbocycles. The fraction of sp³-hybridized carbons (Fsp3) is 0.333. The molecule has 0 aromatic heterocycles. The number of carbonyl (C=O) groups excluding carboxylic acids is 2. The number of ketones is 2. The van der Waals surface area contributed by atoms with Crippen LogP contribution in [0.5, 0.6) is 0 Å². The second-order valence-electron chi connectivity index (χ2n) is 6.39. The van der Waals surface area contributed by atoms with Crippen LogP contribution in [0, 0.1) is 0 Å². The Labute approximate surface area is 242 Å². The van der Waals surface area contributed by atoms with Crippen LogP contribution < -0.4 is 0 Å². The minimum Gasteiger partial charge on any atom is -0.508 e. The van der Waals surface area contributed by atoms with Gasteiger partial charge in [-0.2, -0.15) is 0 Å². The van der Waals surface area contributed by atoms with Gasteiger partial charge in [0.15, 0.2) is 11.6 Å². The minimum absolute atomic E-state index is 0.0175. The summed E-state index contributed by atoms with van der Waals surface area (Å²) in [4.78, 5) is 24.5. The van der Waals surface area contributed by atoms with Crippen LogP contribution in [0.15, 0.2) is 46.8 Å². The summed E-state index contributed by atoms with van der Waals surface area (Å²) < 4.78 is 65.4. The summed E-state index contributed by atoms with van der Waals surface area (Å²) in [5, 5.41) is 0. The van der Waals surface area contributed by atoms with E-state index in [0.717, 1.165) is 40.5 Å². The van der Waals surface area contributed by atoms with E-state index in [0.29, 0.717) is 8.47 Å². The number of carbonyl (C=O) groups is 2. The molecule has 0 radical (unpaired) electrons. The lowest BCUT2D eigenvalue weighted by Crippen LogP contribution is -2.07. The van der Waals surface area contributed by atoms with Crippen molar-refractivity contribution in [2.75, 3.05) is 12.5 Å². The zero-order valence-corrected chi connectivity index (χ0v) is 26.1. The molecule has 0 aliphatic carbocycles. The number of allylic oxidation sites excluding steroid dienone is 4. The number of Topliss-reactive ketones (excluding diaryl/α,β-unsaturated/α-hetero) is 2. The third-order valence-corrected chi connectivity index (χ3v) is 15.5. The zero-order chi connectivity index (χ0) is 27.2. The monoisotopic (exact) mass is 652 g/mol. The van der Waals surface area contributed by atoms with Gasteiger partial charge in [-0.1, -0.05) is 70.6 Å². The SMILES string of the molecule is CSC1=C(SC)SC(=C2SC(S/C(C(C)=O)=C(\C)OB(F)F)=C(S/C(C(C)=O)=C(\C)OB(F)F)S2)S1. The molecule has 0 aromatic carbocycles. The summed E-state index contributed by atoms with van der Waals surface area (Å²) in [5.41, 5.74) is 0. The molecule has 0 spiro atoms. The molecule has 36 heavy (non-hydrogen) atoms. The zero-order valence-electron chi connectivity index (χ0n) is 19.6. The van der Waals surface area contributed by atoms with E-state index in [9.17, 15) is 26.9 Å². The quantitative estimate of drug-likeness (QED) is 0.0875. The van der Waals surface area contributed by atoms with Gasteiger partial charge in [0.1, 0.15) is 0 Å². The van der Waals surface area contributed by atoms with Crippen molar-refractivity contribution in [2.24, 2.45) is 0 Å². The average Bonchev–Trinajstić information content (AvgIpc) is 3.37. The number of hydrogen-bond acceptors (Lipinski definition) is 12. The molecule has 0 unspecified atom stereocenters. The fourth-order valence-corrected chi connectivity index (χ4v) is 13.3. The summed E-state index contributed by atoms with van der Waals surface area (Å²) in [6.45, 7) is 5.03. The van der Waals surface area contributed by atoms with Gasteiger partial charge in [0, 0.05) is 0 Å². The van der Waals surface area contributed by atoms with Gasteiger partial charge in [0.25, 0.3) is 0 Å². The third kappa shape index (κ3) is 9.19. The first kappa shape index (κ1) is 32.5. The maximum Gasteiger partial charge on any atom is 0.796 e. The Hall–Kier alpha value is 0.290. The predicted octanol–water partition coefficient (Wildman–Crippen LogP) is 9.04. The predicted molar refractivity (Wildman–Crippen MR) is 159 cm³/mol. The van der Waals surface area contributed by atoms with E-state index in [4.69, 9.17) is 0 Å². The summed E-state index contributed by atoms with van der Waals surface area (Å²) in [6, 6.07) is 0. The molecule has 196 valence electrons. The summed E-state index contributed by atoms with van der Waals surface area (Å²) >= 11 is 11.0.